The largest absolute Gasteiger partial charge is 0.280 e. The first-order valence-electron chi connectivity index (χ1n) is 7.88. The summed E-state index contributed by atoms with van der Waals surface area (Å²) in [5.74, 6) is 4.32. The Bertz CT molecular complexity index is 882. The molecule has 1 aliphatic heterocycles. The quantitative estimate of drug-likeness (QED) is 0.749. The molecule has 1 aromatic heterocycles. The second kappa shape index (κ2) is 6.25. The Balaban J connectivity index is 1.81. The minimum absolute atomic E-state index is 0.00864. The normalized spacial score (nSPS) is 18.8. The average Bonchev–Trinajstić information content (AvgIpc) is 2.79. The van der Waals surface area contributed by atoms with Gasteiger partial charge in [0.15, 0.2) is 0 Å². The van der Waals surface area contributed by atoms with Crippen LogP contribution in [0.15, 0.2) is 30.6 Å². The van der Waals surface area contributed by atoms with Gasteiger partial charge in [-0.15, -0.1) is 0 Å². The lowest BCUT2D eigenvalue weighted by atomic mass is 9.83. The summed E-state index contributed by atoms with van der Waals surface area (Å²) >= 11 is 0. The topological polar surface area (TPSA) is 46.1 Å². The molecule has 1 aliphatic rings. The van der Waals surface area contributed by atoms with Crippen molar-refractivity contribution in [1.29, 1.82) is 0 Å². The van der Waals surface area contributed by atoms with Crippen LogP contribution in [0, 0.1) is 34.8 Å². The number of hydrogen-bond acceptors (Lipinski definition) is 3. The summed E-state index contributed by atoms with van der Waals surface area (Å²) in [4.78, 5) is 22.3. The van der Waals surface area contributed by atoms with Gasteiger partial charge in [0.2, 0.25) is 11.9 Å². The molecule has 3 rings (SSSR count). The number of halogens is 2. The third kappa shape index (κ3) is 3.36. The third-order valence-corrected chi connectivity index (χ3v) is 4.52. The minimum atomic E-state index is -0.592. The van der Waals surface area contributed by atoms with E-state index in [4.69, 9.17) is 0 Å². The maximum absolute atomic E-state index is 13.5. The molecular weight excluding hydrogens is 324 g/mol. The van der Waals surface area contributed by atoms with Crippen molar-refractivity contribution in [3.8, 4) is 11.8 Å². The highest BCUT2D eigenvalue weighted by atomic mass is 19.1. The lowest BCUT2D eigenvalue weighted by molar-refractivity contribution is -0.121. The van der Waals surface area contributed by atoms with Crippen LogP contribution in [0.2, 0.25) is 0 Å². The molecule has 1 amide bonds. The van der Waals surface area contributed by atoms with Crippen molar-refractivity contribution in [2.75, 3.05) is 11.4 Å². The van der Waals surface area contributed by atoms with Gasteiger partial charge in [0.05, 0.1) is 11.1 Å². The lowest BCUT2D eigenvalue weighted by Gasteiger charge is -2.20. The van der Waals surface area contributed by atoms with E-state index in [0.717, 1.165) is 18.2 Å². The molecule has 1 aromatic carbocycles. The lowest BCUT2D eigenvalue weighted by Crippen LogP contribution is -2.28. The van der Waals surface area contributed by atoms with Crippen LogP contribution in [0.25, 0.3) is 0 Å². The Morgan fingerprint density at radius 2 is 1.88 bits per heavy atom. The van der Waals surface area contributed by atoms with Gasteiger partial charge in [0.1, 0.15) is 11.6 Å². The molecule has 25 heavy (non-hydrogen) atoms. The van der Waals surface area contributed by atoms with Crippen LogP contribution in [-0.2, 0) is 4.79 Å². The fourth-order valence-electron chi connectivity index (χ4n) is 2.62. The van der Waals surface area contributed by atoms with Crippen LogP contribution in [-0.4, -0.2) is 22.4 Å². The smallest absolute Gasteiger partial charge is 0.232 e. The Kier molecular flexibility index (Phi) is 4.25. The zero-order valence-corrected chi connectivity index (χ0v) is 14.2. The fourth-order valence-corrected chi connectivity index (χ4v) is 2.62. The molecule has 4 nitrogen and oxygen atoms in total. The van der Waals surface area contributed by atoms with Gasteiger partial charge in [-0.25, -0.2) is 18.7 Å². The molecule has 0 saturated carbocycles. The highest BCUT2D eigenvalue weighted by Crippen LogP contribution is 2.37. The number of benzene rings is 1. The van der Waals surface area contributed by atoms with E-state index in [-0.39, 0.29) is 22.8 Å². The van der Waals surface area contributed by atoms with E-state index in [1.54, 1.807) is 4.90 Å². The molecule has 2 heterocycles. The predicted octanol–water partition coefficient (Wildman–Crippen LogP) is 3.16. The number of hydrogen-bond donors (Lipinski definition) is 0. The van der Waals surface area contributed by atoms with E-state index >= 15 is 0 Å². The molecule has 0 radical (unpaired) electrons. The second-order valence-electron chi connectivity index (χ2n) is 6.78. The van der Waals surface area contributed by atoms with Gasteiger partial charge in [-0.3, -0.25) is 9.69 Å². The molecule has 128 valence electrons. The zero-order chi connectivity index (χ0) is 18.2. The van der Waals surface area contributed by atoms with Crippen LogP contribution in [0.4, 0.5) is 14.7 Å². The molecule has 1 unspecified atom stereocenters. The number of nitrogens with zero attached hydrogens (tertiary/aromatic N) is 3. The monoisotopic (exact) mass is 341 g/mol. The van der Waals surface area contributed by atoms with Gasteiger partial charge in [-0.2, -0.15) is 0 Å². The first kappa shape index (κ1) is 17.0. The first-order chi connectivity index (χ1) is 11.8. The van der Waals surface area contributed by atoms with Gasteiger partial charge in [-0.05, 0) is 23.6 Å². The number of rotatable bonds is 1. The summed E-state index contributed by atoms with van der Waals surface area (Å²) in [5, 5.41) is 0. The van der Waals surface area contributed by atoms with Crippen molar-refractivity contribution >= 4 is 11.9 Å². The fraction of sp³-hybridized carbons (Fsp3) is 0.316. The summed E-state index contributed by atoms with van der Waals surface area (Å²) in [5.41, 5.74) is 0.272. The summed E-state index contributed by atoms with van der Waals surface area (Å²) in [7, 11) is 0. The van der Waals surface area contributed by atoms with Crippen LogP contribution < -0.4 is 4.90 Å². The van der Waals surface area contributed by atoms with Crippen molar-refractivity contribution < 1.29 is 13.6 Å². The molecule has 0 aliphatic carbocycles. The summed E-state index contributed by atoms with van der Waals surface area (Å²) in [6.07, 6.45) is 2.94. The Labute approximate surface area is 144 Å². The standard InChI is InChI=1S/C19H17F2N3O/c1-12-17(25)24(11-19(12,2)3)18-22-9-13(10-23-18)4-5-14-8-15(20)6-7-16(14)21/h6-10,12H,11H2,1-3H3. The summed E-state index contributed by atoms with van der Waals surface area (Å²) < 4.78 is 26.7. The Hall–Kier alpha value is -2.81. The number of aromatic nitrogens is 2. The number of amides is 1. The Morgan fingerprint density at radius 3 is 2.48 bits per heavy atom. The van der Waals surface area contributed by atoms with Crippen LogP contribution in [0.1, 0.15) is 31.9 Å². The molecule has 2 aromatic rings. The van der Waals surface area contributed by atoms with Crippen molar-refractivity contribution in [2.24, 2.45) is 11.3 Å². The molecule has 1 saturated heterocycles. The van der Waals surface area contributed by atoms with Gasteiger partial charge in [-0.1, -0.05) is 32.6 Å². The minimum Gasteiger partial charge on any atom is -0.280 e. The van der Waals surface area contributed by atoms with E-state index in [9.17, 15) is 13.6 Å². The Morgan fingerprint density at radius 1 is 1.20 bits per heavy atom. The van der Waals surface area contributed by atoms with Crippen molar-refractivity contribution in [2.45, 2.75) is 20.8 Å². The van der Waals surface area contributed by atoms with Crippen molar-refractivity contribution in [3.63, 3.8) is 0 Å². The van der Waals surface area contributed by atoms with Gasteiger partial charge in [0, 0.05) is 24.9 Å². The third-order valence-electron chi connectivity index (χ3n) is 4.52. The number of carbonyl (C=O) groups excluding carboxylic acids is 1. The second-order valence-corrected chi connectivity index (χ2v) is 6.78. The number of carbonyl (C=O) groups is 1. The molecule has 6 heteroatoms. The summed E-state index contributed by atoms with van der Waals surface area (Å²) in [6.45, 7) is 6.51. The molecule has 0 N–H and O–H groups in total. The van der Waals surface area contributed by atoms with Crippen LogP contribution >= 0.6 is 0 Å². The highest BCUT2D eigenvalue weighted by molar-refractivity contribution is 5.96. The van der Waals surface area contributed by atoms with Gasteiger partial charge >= 0.3 is 0 Å². The van der Waals surface area contributed by atoms with Crippen LogP contribution in [0.5, 0.6) is 0 Å². The highest BCUT2D eigenvalue weighted by Gasteiger charge is 2.44. The van der Waals surface area contributed by atoms with Gasteiger partial charge < -0.3 is 0 Å². The maximum Gasteiger partial charge on any atom is 0.232 e. The van der Waals surface area contributed by atoms with E-state index in [1.165, 1.54) is 12.4 Å². The van der Waals surface area contributed by atoms with Crippen molar-refractivity contribution in [1.82, 2.24) is 9.97 Å². The number of anilines is 1. The van der Waals surface area contributed by atoms with Gasteiger partial charge in [0.25, 0.3) is 0 Å². The van der Waals surface area contributed by atoms with E-state index in [0.29, 0.717) is 18.1 Å². The van der Waals surface area contributed by atoms with Crippen molar-refractivity contribution in [3.05, 3.63) is 53.4 Å². The predicted molar refractivity (Wildman–Crippen MR) is 89.7 cm³/mol. The van der Waals surface area contributed by atoms with E-state index in [1.807, 2.05) is 20.8 Å². The first-order valence-corrected chi connectivity index (χ1v) is 7.88. The molecule has 1 fully saturated rings. The zero-order valence-electron chi connectivity index (χ0n) is 14.2. The average molecular weight is 341 g/mol. The molecular formula is C19H17F2N3O. The van der Waals surface area contributed by atoms with Crippen LogP contribution in [0.3, 0.4) is 0 Å². The maximum atomic E-state index is 13.5. The molecule has 0 spiro atoms. The SMILES string of the molecule is CC1C(=O)N(c2ncc(C#Cc3cc(F)ccc3F)cn2)CC1(C)C. The van der Waals surface area contributed by atoms with E-state index < -0.39 is 11.6 Å². The molecule has 1 atom stereocenters. The van der Waals surface area contributed by atoms with E-state index in [2.05, 4.69) is 21.8 Å². The molecule has 0 bridgehead atoms. The summed E-state index contributed by atoms with van der Waals surface area (Å²) in [6, 6.07) is 3.10.